The van der Waals surface area contributed by atoms with Crippen LogP contribution in [0.2, 0.25) is 0 Å². The molecule has 0 unspecified atom stereocenters. The van der Waals surface area contributed by atoms with Crippen LogP contribution >= 0.6 is 0 Å². The molecule has 0 saturated heterocycles. The highest BCUT2D eigenvalue weighted by atomic mass is 16.6. The van der Waals surface area contributed by atoms with E-state index in [9.17, 15) is 9.59 Å². The van der Waals surface area contributed by atoms with Crippen LogP contribution in [0.4, 0.5) is 10.5 Å². The number of carbonyl (C=O) groups is 2. The van der Waals surface area contributed by atoms with Crippen molar-refractivity contribution in [3.05, 3.63) is 60.2 Å². The number of hydrogen-bond acceptors (Lipinski definition) is 3. The smallest absolute Gasteiger partial charge is 0.417 e. The highest BCUT2D eigenvalue weighted by Crippen LogP contribution is 2.14. The summed E-state index contributed by atoms with van der Waals surface area (Å²) in [5.41, 5.74) is 1.29. The first-order valence-electron chi connectivity index (χ1n) is 5.98. The Hall–Kier alpha value is -2.82. The second-order valence-corrected chi connectivity index (χ2v) is 4.10. The number of amides is 1. The van der Waals surface area contributed by atoms with Crippen LogP contribution < -0.4 is 10.1 Å². The molecule has 2 aromatic rings. The van der Waals surface area contributed by atoms with E-state index >= 15 is 0 Å². The maximum atomic E-state index is 11.6. The van der Waals surface area contributed by atoms with Gasteiger partial charge in [0.15, 0.2) is 0 Å². The molecule has 20 heavy (non-hydrogen) atoms. The first-order valence-corrected chi connectivity index (χ1v) is 5.98. The van der Waals surface area contributed by atoms with Crippen molar-refractivity contribution in [2.75, 3.05) is 5.32 Å². The fourth-order valence-electron chi connectivity index (χ4n) is 1.62. The van der Waals surface area contributed by atoms with E-state index in [4.69, 9.17) is 9.84 Å². The van der Waals surface area contributed by atoms with Crippen LogP contribution in [0.1, 0.15) is 5.56 Å². The molecule has 0 fully saturated rings. The molecule has 5 nitrogen and oxygen atoms in total. The monoisotopic (exact) mass is 271 g/mol. The molecule has 0 aliphatic rings. The van der Waals surface area contributed by atoms with E-state index in [1.165, 1.54) is 0 Å². The van der Waals surface area contributed by atoms with Crippen LogP contribution in [0.3, 0.4) is 0 Å². The highest BCUT2D eigenvalue weighted by molar-refractivity contribution is 5.86. The summed E-state index contributed by atoms with van der Waals surface area (Å²) in [5.74, 6) is -0.548. The van der Waals surface area contributed by atoms with Crippen LogP contribution in [-0.4, -0.2) is 17.2 Å². The molecule has 2 rings (SSSR count). The lowest BCUT2D eigenvalue weighted by Crippen LogP contribution is -2.16. The number of carboxylic acids is 1. The maximum absolute atomic E-state index is 11.6. The molecule has 0 spiro atoms. The van der Waals surface area contributed by atoms with Crippen molar-refractivity contribution in [1.82, 2.24) is 0 Å². The van der Waals surface area contributed by atoms with Gasteiger partial charge in [-0.2, -0.15) is 0 Å². The number of carbonyl (C=O) groups excluding carboxylic acids is 1. The average Bonchev–Trinajstić information content (AvgIpc) is 2.41. The summed E-state index contributed by atoms with van der Waals surface area (Å²) in [6.07, 6.45) is -0.654. The fourth-order valence-corrected chi connectivity index (χ4v) is 1.62. The number of benzene rings is 2. The van der Waals surface area contributed by atoms with Crippen LogP contribution in [0.25, 0.3) is 0 Å². The number of nitrogens with one attached hydrogen (secondary N) is 1. The van der Waals surface area contributed by atoms with Gasteiger partial charge in [0, 0.05) is 5.69 Å². The van der Waals surface area contributed by atoms with Crippen molar-refractivity contribution >= 4 is 17.7 Å². The third-order valence-corrected chi connectivity index (χ3v) is 2.51. The summed E-state index contributed by atoms with van der Waals surface area (Å²) < 4.78 is 5.08. The minimum atomic E-state index is -0.902. The van der Waals surface area contributed by atoms with Gasteiger partial charge >= 0.3 is 12.1 Å². The van der Waals surface area contributed by atoms with E-state index in [2.05, 4.69) is 5.32 Å². The predicted molar refractivity (Wildman–Crippen MR) is 73.9 cm³/mol. The standard InChI is InChI=1S/C15H13NO4/c17-14(18)10-11-6-8-13(9-7-11)20-15(19)16-12-4-2-1-3-5-12/h1-9H,10H2,(H,16,19)(H,17,18). The van der Waals surface area contributed by atoms with E-state index in [0.717, 1.165) is 0 Å². The van der Waals surface area contributed by atoms with Gasteiger partial charge in [-0.15, -0.1) is 0 Å². The van der Waals surface area contributed by atoms with Gasteiger partial charge in [0.1, 0.15) is 5.75 Å². The van der Waals surface area contributed by atoms with Crippen molar-refractivity contribution in [2.24, 2.45) is 0 Å². The third kappa shape index (κ3) is 4.13. The van der Waals surface area contributed by atoms with E-state index < -0.39 is 12.1 Å². The zero-order valence-corrected chi connectivity index (χ0v) is 10.6. The second kappa shape index (κ2) is 6.38. The largest absolute Gasteiger partial charge is 0.481 e. The van der Waals surface area contributed by atoms with Gasteiger partial charge < -0.3 is 9.84 Å². The van der Waals surface area contributed by atoms with Crippen molar-refractivity contribution in [3.8, 4) is 5.75 Å². The van der Waals surface area contributed by atoms with Crippen molar-refractivity contribution in [1.29, 1.82) is 0 Å². The number of para-hydroxylation sites is 1. The van der Waals surface area contributed by atoms with Gasteiger partial charge in [0.25, 0.3) is 0 Å². The Labute approximate surface area is 115 Å². The Morgan fingerprint density at radius 2 is 1.65 bits per heavy atom. The lowest BCUT2D eigenvalue weighted by Gasteiger charge is -2.06. The molecule has 5 heteroatoms. The van der Waals surface area contributed by atoms with E-state index in [1.54, 1.807) is 48.5 Å². The topological polar surface area (TPSA) is 75.6 Å². The molecule has 0 heterocycles. The van der Waals surface area contributed by atoms with Gasteiger partial charge in [0.2, 0.25) is 0 Å². The highest BCUT2D eigenvalue weighted by Gasteiger charge is 2.05. The first kappa shape index (κ1) is 13.6. The normalized spacial score (nSPS) is 9.80. The Balaban J connectivity index is 1.93. The quantitative estimate of drug-likeness (QED) is 0.896. The number of hydrogen-bond donors (Lipinski definition) is 2. The summed E-state index contributed by atoms with van der Waals surface area (Å²) in [7, 11) is 0. The molecule has 0 atom stereocenters. The van der Waals surface area contributed by atoms with E-state index in [1.807, 2.05) is 6.07 Å². The molecule has 0 aromatic heterocycles. The molecular weight excluding hydrogens is 258 g/mol. The van der Waals surface area contributed by atoms with Crippen molar-refractivity contribution < 1.29 is 19.4 Å². The lowest BCUT2D eigenvalue weighted by atomic mass is 10.1. The maximum Gasteiger partial charge on any atom is 0.417 e. The number of aliphatic carboxylic acids is 1. The Morgan fingerprint density at radius 3 is 2.25 bits per heavy atom. The zero-order valence-electron chi connectivity index (χ0n) is 10.6. The van der Waals surface area contributed by atoms with Gasteiger partial charge in [0.05, 0.1) is 6.42 Å². The Bertz CT molecular complexity index is 593. The first-order chi connectivity index (χ1) is 9.63. The fraction of sp³-hybridized carbons (Fsp3) is 0.0667. The van der Waals surface area contributed by atoms with Crippen molar-refractivity contribution in [2.45, 2.75) is 6.42 Å². The summed E-state index contributed by atoms with van der Waals surface area (Å²) in [6, 6.07) is 15.3. The average molecular weight is 271 g/mol. The zero-order chi connectivity index (χ0) is 14.4. The molecule has 2 aromatic carbocycles. The Morgan fingerprint density at radius 1 is 1.00 bits per heavy atom. The summed E-state index contributed by atoms with van der Waals surface area (Å²) >= 11 is 0. The van der Waals surface area contributed by atoms with Crippen LogP contribution in [0.5, 0.6) is 5.75 Å². The molecule has 0 aliphatic carbocycles. The summed E-state index contributed by atoms with van der Waals surface area (Å²) in [6.45, 7) is 0. The van der Waals surface area contributed by atoms with Gasteiger partial charge in [-0.05, 0) is 29.8 Å². The van der Waals surface area contributed by atoms with Crippen LogP contribution in [0.15, 0.2) is 54.6 Å². The lowest BCUT2D eigenvalue weighted by molar-refractivity contribution is -0.136. The molecule has 2 N–H and O–H groups in total. The van der Waals surface area contributed by atoms with E-state index in [0.29, 0.717) is 17.0 Å². The molecule has 0 saturated carbocycles. The third-order valence-electron chi connectivity index (χ3n) is 2.51. The van der Waals surface area contributed by atoms with Crippen LogP contribution in [-0.2, 0) is 11.2 Å². The molecule has 102 valence electrons. The van der Waals surface area contributed by atoms with Gasteiger partial charge in [-0.25, -0.2) is 4.79 Å². The summed E-state index contributed by atoms with van der Waals surface area (Å²) in [5, 5.41) is 11.2. The second-order valence-electron chi connectivity index (χ2n) is 4.10. The van der Waals surface area contributed by atoms with Gasteiger partial charge in [-0.3, -0.25) is 10.1 Å². The molecule has 0 radical (unpaired) electrons. The SMILES string of the molecule is O=C(O)Cc1ccc(OC(=O)Nc2ccccc2)cc1. The predicted octanol–water partition coefficient (Wildman–Crippen LogP) is 2.92. The number of carboxylic acid groups (broad SMARTS) is 1. The molecule has 0 aliphatic heterocycles. The Kier molecular flexibility index (Phi) is 4.34. The molecule has 1 amide bonds. The minimum Gasteiger partial charge on any atom is -0.481 e. The number of ether oxygens (including phenoxy) is 1. The van der Waals surface area contributed by atoms with E-state index in [-0.39, 0.29) is 6.42 Å². The molecule has 0 bridgehead atoms. The summed E-state index contributed by atoms with van der Waals surface area (Å²) in [4.78, 5) is 22.2. The van der Waals surface area contributed by atoms with Gasteiger partial charge in [-0.1, -0.05) is 30.3 Å². The molecular formula is C15H13NO4. The van der Waals surface area contributed by atoms with Crippen LogP contribution in [0, 0.1) is 0 Å². The number of anilines is 1. The van der Waals surface area contributed by atoms with Crippen molar-refractivity contribution in [3.63, 3.8) is 0 Å². The minimum absolute atomic E-state index is 0.0590. The number of rotatable bonds is 4.